The predicted octanol–water partition coefficient (Wildman–Crippen LogP) is 2.04. The molecule has 1 aliphatic rings. The van der Waals surface area contributed by atoms with E-state index in [0.717, 1.165) is 10.6 Å². The largest absolute Gasteiger partial charge is 0.376 e. The Kier molecular flexibility index (Phi) is 1.81. The number of carbonyl (C=O) groups is 1. The van der Waals surface area contributed by atoms with Crippen LogP contribution in [0.5, 0.6) is 0 Å². The van der Waals surface area contributed by atoms with Gasteiger partial charge in [-0.15, -0.1) is 0 Å². The SMILES string of the molecule is Cc1cccc2c1NCC(=O)S2. The van der Waals surface area contributed by atoms with Crippen molar-refractivity contribution in [1.29, 1.82) is 0 Å². The van der Waals surface area contributed by atoms with Crippen LogP contribution < -0.4 is 5.32 Å². The topological polar surface area (TPSA) is 29.1 Å². The number of hydrogen-bond donors (Lipinski definition) is 1. The number of carbonyl (C=O) groups excluding carboxylic acids is 1. The Balaban J connectivity index is 2.48. The van der Waals surface area contributed by atoms with Crippen molar-refractivity contribution in [2.45, 2.75) is 11.8 Å². The molecular weight excluding hydrogens is 170 g/mol. The van der Waals surface area contributed by atoms with Gasteiger partial charge in [0, 0.05) is 4.90 Å². The van der Waals surface area contributed by atoms with E-state index in [1.54, 1.807) is 0 Å². The smallest absolute Gasteiger partial charge is 0.212 e. The van der Waals surface area contributed by atoms with E-state index in [0.29, 0.717) is 6.54 Å². The molecule has 0 saturated carbocycles. The molecule has 0 aliphatic carbocycles. The van der Waals surface area contributed by atoms with Crippen LogP contribution in [0, 0.1) is 6.92 Å². The van der Waals surface area contributed by atoms with E-state index in [1.165, 1.54) is 17.3 Å². The first-order valence-corrected chi connectivity index (χ1v) is 4.63. The molecule has 0 bridgehead atoms. The summed E-state index contributed by atoms with van der Waals surface area (Å²) in [5.74, 6) is 0. The molecule has 0 fully saturated rings. The van der Waals surface area contributed by atoms with Gasteiger partial charge in [0.25, 0.3) is 0 Å². The van der Waals surface area contributed by atoms with Crippen molar-refractivity contribution < 1.29 is 4.79 Å². The molecule has 3 heteroatoms. The minimum absolute atomic E-state index is 0.188. The number of fused-ring (bicyclic) bond motifs is 1. The first kappa shape index (κ1) is 7.68. The highest BCUT2D eigenvalue weighted by molar-refractivity contribution is 8.14. The number of nitrogens with one attached hydrogen (secondary N) is 1. The summed E-state index contributed by atoms with van der Waals surface area (Å²) in [6, 6.07) is 5.99. The maximum absolute atomic E-state index is 11.0. The van der Waals surface area contributed by atoms with Crippen LogP contribution in [0.4, 0.5) is 5.69 Å². The van der Waals surface area contributed by atoms with Crippen LogP contribution in [-0.4, -0.2) is 11.7 Å². The van der Waals surface area contributed by atoms with E-state index < -0.39 is 0 Å². The second kappa shape index (κ2) is 2.83. The Labute approximate surface area is 75.4 Å². The van der Waals surface area contributed by atoms with E-state index in [1.807, 2.05) is 25.1 Å². The van der Waals surface area contributed by atoms with Gasteiger partial charge < -0.3 is 5.32 Å². The summed E-state index contributed by atoms with van der Waals surface area (Å²) in [5.41, 5.74) is 2.31. The Bertz CT molecular complexity index is 335. The van der Waals surface area contributed by atoms with Gasteiger partial charge >= 0.3 is 0 Å². The molecule has 0 radical (unpaired) electrons. The number of anilines is 1. The van der Waals surface area contributed by atoms with E-state index >= 15 is 0 Å². The highest BCUT2D eigenvalue weighted by atomic mass is 32.2. The van der Waals surface area contributed by atoms with Crippen molar-refractivity contribution in [2.24, 2.45) is 0 Å². The van der Waals surface area contributed by atoms with E-state index in [-0.39, 0.29) is 5.12 Å². The average molecular weight is 179 g/mol. The zero-order valence-electron chi connectivity index (χ0n) is 6.76. The summed E-state index contributed by atoms with van der Waals surface area (Å²) in [5, 5.41) is 3.30. The second-order valence-corrected chi connectivity index (χ2v) is 3.87. The lowest BCUT2D eigenvalue weighted by atomic mass is 10.2. The summed E-state index contributed by atoms with van der Waals surface area (Å²) >= 11 is 1.32. The number of para-hydroxylation sites is 1. The molecule has 1 aromatic rings. The Morgan fingerprint density at radius 1 is 1.50 bits per heavy atom. The zero-order valence-corrected chi connectivity index (χ0v) is 7.57. The fourth-order valence-electron chi connectivity index (χ4n) is 1.27. The zero-order chi connectivity index (χ0) is 8.55. The molecule has 0 spiro atoms. The minimum Gasteiger partial charge on any atom is -0.376 e. The Morgan fingerprint density at radius 3 is 3.17 bits per heavy atom. The molecule has 12 heavy (non-hydrogen) atoms. The molecule has 2 nitrogen and oxygen atoms in total. The number of thioether (sulfide) groups is 1. The summed E-state index contributed by atoms with van der Waals surface area (Å²) in [6.45, 7) is 2.49. The number of hydrogen-bond acceptors (Lipinski definition) is 3. The van der Waals surface area contributed by atoms with Crippen LogP contribution in [0.15, 0.2) is 23.1 Å². The van der Waals surface area contributed by atoms with Crippen LogP contribution in [0.1, 0.15) is 5.56 Å². The van der Waals surface area contributed by atoms with Crippen molar-refractivity contribution in [3.05, 3.63) is 23.8 Å². The third-order valence-corrected chi connectivity index (χ3v) is 2.80. The van der Waals surface area contributed by atoms with E-state index in [4.69, 9.17) is 0 Å². The van der Waals surface area contributed by atoms with E-state index in [2.05, 4.69) is 5.32 Å². The van der Waals surface area contributed by atoms with Gasteiger partial charge in [-0.3, -0.25) is 4.79 Å². The van der Waals surface area contributed by atoms with Gasteiger partial charge in [-0.2, -0.15) is 0 Å². The summed E-state index contributed by atoms with van der Waals surface area (Å²) in [4.78, 5) is 12.1. The van der Waals surface area contributed by atoms with Crippen LogP contribution in [0.3, 0.4) is 0 Å². The molecular formula is C9H9NOS. The van der Waals surface area contributed by atoms with Crippen LogP contribution >= 0.6 is 11.8 Å². The van der Waals surface area contributed by atoms with Gasteiger partial charge in [-0.05, 0) is 30.3 Å². The number of benzene rings is 1. The van der Waals surface area contributed by atoms with Crippen molar-refractivity contribution in [2.75, 3.05) is 11.9 Å². The van der Waals surface area contributed by atoms with Gasteiger partial charge in [0.05, 0.1) is 12.2 Å². The molecule has 0 amide bonds. The lowest BCUT2D eigenvalue weighted by molar-refractivity contribution is -0.109. The molecule has 0 aromatic heterocycles. The molecule has 1 aromatic carbocycles. The molecule has 0 atom stereocenters. The highest BCUT2D eigenvalue weighted by Crippen LogP contribution is 2.33. The van der Waals surface area contributed by atoms with Gasteiger partial charge in [-0.25, -0.2) is 0 Å². The maximum atomic E-state index is 11.0. The van der Waals surface area contributed by atoms with Crippen LogP contribution in [0.25, 0.3) is 0 Å². The quantitative estimate of drug-likeness (QED) is 0.660. The van der Waals surface area contributed by atoms with Gasteiger partial charge in [-0.1, -0.05) is 12.1 Å². The van der Waals surface area contributed by atoms with Gasteiger partial charge in [0.1, 0.15) is 0 Å². The average Bonchev–Trinajstić information content (AvgIpc) is 2.04. The summed E-state index contributed by atoms with van der Waals surface area (Å²) in [7, 11) is 0. The van der Waals surface area contributed by atoms with Crippen molar-refractivity contribution in [3.8, 4) is 0 Å². The third kappa shape index (κ3) is 1.20. The van der Waals surface area contributed by atoms with E-state index in [9.17, 15) is 4.79 Å². The van der Waals surface area contributed by atoms with Crippen molar-refractivity contribution >= 4 is 22.6 Å². The van der Waals surface area contributed by atoms with Gasteiger partial charge in [0.15, 0.2) is 0 Å². The molecule has 0 unspecified atom stereocenters. The third-order valence-electron chi connectivity index (χ3n) is 1.87. The Hall–Kier alpha value is -0.960. The van der Waals surface area contributed by atoms with Crippen LogP contribution in [0.2, 0.25) is 0 Å². The maximum Gasteiger partial charge on any atom is 0.212 e. The normalized spacial score (nSPS) is 15.2. The standard InChI is InChI=1S/C9H9NOS/c1-6-3-2-4-7-9(6)10-5-8(11)12-7/h2-4,10H,5H2,1H3. The monoisotopic (exact) mass is 179 g/mol. The first-order chi connectivity index (χ1) is 5.77. The molecule has 1 N–H and O–H groups in total. The summed E-state index contributed by atoms with van der Waals surface area (Å²) < 4.78 is 0. The lowest BCUT2D eigenvalue weighted by Crippen LogP contribution is -2.16. The molecule has 0 saturated heterocycles. The first-order valence-electron chi connectivity index (χ1n) is 3.81. The number of rotatable bonds is 0. The summed E-state index contributed by atoms with van der Waals surface area (Å²) in [6.07, 6.45) is 0. The number of aryl methyl sites for hydroxylation is 1. The fraction of sp³-hybridized carbons (Fsp3) is 0.222. The second-order valence-electron chi connectivity index (χ2n) is 2.78. The fourth-order valence-corrected chi connectivity index (χ4v) is 2.14. The molecule has 1 heterocycles. The van der Waals surface area contributed by atoms with Crippen molar-refractivity contribution in [3.63, 3.8) is 0 Å². The molecule has 62 valence electrons. The molecule has 2 rings (SSSR count). The molecule has 1 aliphatic heterocycles. The predicted molar refractivity (Wildman–Crippen MR) is 50.5 cm³/mol. The van der Waals surface area contributed by atoms with Crippen molar-refractivity contribution in [1.82, 2.24) is 0 Å². The van der Waals surface area contributed by atoms with Crippen LogP contribution in [-0.2, 0) is 4.79 Å². The minimum atomic E-state index is 0.188. The highest BCUT2D eigenvalue weighted by Gasteiger charge is 2.16. The Morgan fingerprint density at radius 2 is 2.33 bits per heavy atom. The van der Waals surface area contributed by atoms with Gasteiger partial charge in [0.2, 0.25) is 5.12 Å². The lowest BCUT2D eigenvalue weighted by Gasteiger charge is -2.17.